The third kappa shape index (κ3) is 7.27. The number of para-hydroxylation sites is 3. The number of benzene rings is 13. The van der Waals surface area contributed by atoms with Crippen LogP contribution in [0.15, 0.2) is 285 Å². The second-order valence-corrected chi connectivity index (χ2v) is 20.9. The van der Waals surface area contributed by atoms with Crippen LogP contribution in [0.5, 0.6) is 0 Å². The van der Waals surface area contributed by atoms with Crippen molar-refractivity contribution in [1.29, 1.82) is 0 Å². The average molecular weight is 1000 g/mol. The first-order chi connectivity index (χ1) is 40.1. The normalized spacial score (nSPS) is 13.3. The molecule has 0 saturated carbocycles. The molecule has 0 aliphatic heterocycles. The Morgan fingerprint density at radius 1 is 0.333 bits per heavy atom. The van der Waals surface area contributed by atoms with Gasteiger partial charge in [-0.25, -0.2) is 0 Å². The summed E-state index contributed by atoms with van der Waals surface area (Å²) >= 11 is 0. The van der Waals surface area contributed by atoms with Crippen molar-refractivity contribution in [2.75, 3.05) is 9.80 Å². The lowest BCUT2D eigenvalue weighted by Gasteiger charge is -2.31. The summed E-state index contributed by atoms with van der Waals surface area (Å²) < 4.78 is 42.4. The Kier molecular flexibility index (Phi) is 9.59. The number of anilines is 6. The van der Waals surface area contributed by atoms with E-state index in [-0.39, 0.29) is 40.8 Å². The molecule has 0 radical (unpaired) electrons. The molecular formula is C75H53N3. The van der Waals surface area contributed by atoms with Crippen LogP contribution in [0.3, 0.4) is 0 Å². The molecule has 14 aromatic rings. The van der Waals surface area contributed by atoms with Gasteiger partial charge in [-0.05, 0) is 162 Å². The molecule has 3 heteroatoms. The summed E-state index contributed by atoms with van der Waals surface area (Å²) in [6.07, 6.45) is 0. The predicted molar refractivity (Wildman–Crippen MR) is 331 cm³/mol. The van der Waals surface area contributed by atoms with Crippen molar-refractivity contribution in [3.63, 3.8) is 0 Å². The van der Waals surface area contributed by atoms with E-state index in [1.54, 1.807) is 0 Å². The van der Waals surface area contributed by atoms with Crippen molar-refractivity contribution in [1.82, 2.24) is 4.57 Å². The molecule has 1 heterocycles. The molecule has 0 spiro atoms. The van der Waals surface area contributed by atoms with E-state index in [9.17, 15) is 5.48 Å². The second kappa shape index (κ2) is 18.1. The third-order valence-electron chi connectivity index (χ3n) is 16.1. The summed E-state index contributed by atoms with van der Waals surface area (Å²) in [6, 6.07) is 90.6. The Morgan fingerprint density at radius 2 is 0.885 bits per heavy atom. The fourth-order valence-electron chi connectivity index (χ4n) is 12.6. The summed E-state index contributed by atoms with van der Waals surface area (Å²) in [4.78, 5) is 4.26. The minimum Gasteiger partial charge on any atom is -0.310 e. The third-order valence-corrected chi connectivity index (χ3v) is 16.1. The van der Waals surface area contributed by atoms with Gasteiger partial charge in [0.15, 0.2) is 0 Å². The van der Waals surface area contributed by atoms with Crippen LogP contribution in [0.1, 0.15) is 30.5 Å². The fraction of sp³-hybridized carbons (Fsp3) is 0.0400. The van der Waals surface area contributed by atoms with E-state index in [0.29, 0.717) is 16.9 Å². The minimum absolute atomic E-state index is 0.115. The lowest BCUT2D eigenvalue weighted by molar-refractivity contribution is 0.660. The number of hydrogen-bond acceptors (Lipinski definition) is 2. The highest BCUT2D eigenvalue weighted by atomic mass is 15.2. The van der Waals surface area contributed by atoms with Gasteiger partial charge in [0.25, 0.3) is 0 Å². The van der Waals surface area contributed by atoms with Crippen molar-refractivity contribution >= 4 is 88.2 Å². The largest absolute Gasteiger partial charge is 0.310 e. The van der Waals surface area contributed by atoms with Crippen LogP contribution in [0, 0.1) is 0 Å². The Morgan fingerprint density at radius 3 is 1.60 bits per heavy atom. The summed E-state index contributed by atoms with van der Waals surface area (Å²) in [5, 5.41) is 8.56. The molecule has 3 nitrogen and oxygen atoms in total. The van der Waals surface area contributed by atoms with Crippen LogP contribution in [-0.4, -0.2) is 4.57 Å². The molecule has 13 aromatic carbocycles. The Balaban J connectivity index is 1.05. The molecule has 15 rings (SSSR count). The molecule has 0 atom stereocenters. The monoisotopic (exact) mass is 999 g/mol. The summed E-state index contributed by atoms with van der Waals surface area (Å²) in [5.74, 6) is 0. The van der Waals surface area contributed by atoms with Crippen molar-refractivity contribution in [3.8, 4) is 39.1 Å². The van der Waals surface area contributed by atoms with Crippen LogP contribution in [-0.2, 0) is 5.41 Å². The summed E-state index contributed by atoms with van der Waals surface area (Å²) in [5.41, 5.74) is 15.1. The van der Waals surface area contributed by atoms with E-state index in [1.807, 2.05) is 83.8 Å². The van der Waals surface area contributed by atoms with Gasteiger partial charge in [0.2, 0.25) is 0 Å². The van der Waals surface area contributed by atoms with Gasteiger partial charge in [0.1, 0.15) is 0 Å². The van der Waals surface area contributed by atoms with Gasteiger partial charge in [0, 0.05) is 61.4 Å². The fourth-order valence-corrected chi connectivity index (χ4v) is 12.6. The highest BCUT2D eigenvalue weighted by Crippen LogP contribution is 2.52. The first kappa shape index (κ1) is 41.3. The first-order valence-electron chi connectivity index (χ1n) is 28.8. The molecule has 0 saturated heterocycles. The lowest BCUT2D eigenvalue weighted by atomic mass is 9.82. The highest BCUT2D eigenvalue weighted by molar-refractivity contribution is 6.28. The van der Waals surface area contributed by atoms with E-state index >= 15 is 0 Å². The molecule has 368 valence electrons. The maximum atomic E-state index is 10.1. The van der Waals surface area contributed by atoms with Crippen LogP contribution in [0.25, 0.3) is 93.2 Å². The minimum atomic E-state index is -0.270. The molecule has 0 fully saturated rings. The van der Waals surface area contributed by atoms with Crippen molar-refractivity contribution in [2.45, 2.75) is 19.3 Å². The Bertz CT molecular complexity index is 4860. The summed E-state index contributed by atoms with van der Waals surface area (Å²) in [7, 11) is 0. The molecule has 1 aliphatic rings. The van der Waals surface area contributed by atoms with Gasteiger partial charge < -0.3 is 14.4 Å². The topological polar surface area (TPSA) is 11.4 Å². The number of rotatable bonds is 9. The molecular weight excluding hydrogens is 943 g/mol. The lowest BCUT2D eigenvalue weighted by Crippen LogP contribution is -2.17. The van der Waals surface area contributed by atoms with Gasteiger partial charge in [-0.3, -0.25) is 0 Å². The number of hydrogen-bond donors (Lipinski definition) is 0. The van der Waals surface area contributed by atoms with Gasteiger partial charge in [-0.1, -0.05) is 208 Å². The number of nitrogens with zero attached hydrogens (tertiary/aromatic N) is 3. The van der Waals surface area contributed by atoms with Crippen molar-refractivity contribution < 1.29 is 5.48 Å². The van der Waals surface area contributed by atoms with Gasteiger partial charge in [0.05, 0.1) is 16.5 Å². The van der Waals surface area contributed by atoms with Gasteiger partial charge >= 0.3 is 0 Å². The molecule has 0 amide bonds. The zero-order valence-corrected chi connectivity index (χ0v) is 43.2. The van der Waals surface area contributed by atoms with Crippen LogP contribution >= 0.6 is 0 Å². The highest BCUT2D eigenvalue weighted by Gasteiger charge is 2.36. The Labute approximate surface area is 460 Å². The molecule has 0 N–H and O–H groups in total. The van der Waals surface area contributed by atoms with E-state index in [2.05, 4.69) is 205 Å². The number of aromatic nitrogens is 1. The number of fused-ring (bicyclic) bond motifs is 11. The molecule has 0 bridgehead atoms. The maximum Gasteiger partial charge on any atom is 0.0645 e. The predicted octanol–water partition coefficient (Wildman–Crippen LogP) is 20.8. The van der Waals surface area contributed by atoms with Crippen LogP contribution in [0.2, 0.25) is 0 Å². The Hall–Kier alpha value is -9.96. The standard InChI is InChI=1S/C75H53N3/c1-75(2)70-36-19-18-33-65(70)66-43-42-58(48-71(66)75)77(55-26-8-4-9-27-55)60-46-53(45-59(47-60)76(54-24-6-3-7-25-54)57-40-37-52(38-41-57)62-35-20-23-50-21-12-14-30-61(50)62)68-49-69-73-63-31-15-13-22-51(63)39-44-72(73)78(56-28-10-5-11-29-56)74(69)67-34-17-16-32-64(67)68/h3-49H,1-2H3/i37D,38D,40D,41D. The zero-order valence-electron chi connectivity index (χ0n) is 47.2. The first-order valence-corrected chi connectivity index (χ1v) is 26.8. The maximum absolute atomic E-state index is 10.1. The van der Waals surface area contributed by atoms with E-state index in [0.717, 1.165) is 88.0 Å². The smallest absolute Gasteiger partial charge is 0.0645 e. The average Bonchev–Trinajstić information content (AvgIpc) is 2.06. The van der Waals surface area contributed by atoms with Crippen LogP contribution < -0.4 is 9.80 Å². The molecule has 1 aromatic heterocycles. The van der Waals surface area contributed by atoms with Gasteiger partial charge in [-0.2, -0.15) is 0 Å². The van der Waals surface area contributed by atoms with Crippen molar-refractivity contribution in [2.24, 2.45) is 0 Å². The van der Waals surface area contributed by atoms with E-state index in [4.69, 9.17) is 0 Å². The van der Waals surface area contributed by atoms with E-state index < -0.39 is 0 Å². The SMILES string of the molecule is [2H]c1c([2H])c(N(c2ccccc2)c2cc(-c3cc4c5c6ccccc6ccc5n(-c5ccccc5)c4c4ccccc34)cc(N(c3ccccc3)c3ccc4c(c3)C(C)(C)c3ccccc3-4)c2)c([2H])c([2H])c1-c1cccc2ccccc12. The zero-order chi connectivity index (χ0) is 55.4. The quantitative estimate of drug-likeness (QED) is 0.143. The molecule has 1 aliphatic carbocycles. The van der Waals surface area contributed by atoms with Gasteiger partial charge in [-0.15, -0.1) is 0 Å². The molecule has 0 unspecified atom stereocenters. The van der Waals surface area contributed by atoms with E-state index in [1.165, 1.54) is 22.3 Å². The summed E-state index contributed by atoms with van der Waals surface area (Å²) in [6.45, 7) is 4.63. The van der Waals surface area contributed by atoms with Crippen LogP contribution in [0.4, 0.5) is 34.1 Å². The van der Waals surface area contributed by atoms with Crippen molar-refractivity contribution in [3.05, 3.63) is 296 Å². The molecule has 78 heavy (non-hydrogen) atoms. The second-order valence-electron chi connectivity index (χ2n) is 20.9.